The first-order chi connectivity index (χ1) is 19.0. The van der Waals surface area contributed by atoms with Gasteiger partial charge in [0.25, 0.3) is 0 Å². The lowest BCUT2D eigenvalue weighted by molar-refractivity contribution is -0.148. The number of benzene rings is 1. The summed E-state index contributed by atoms with van der Waals surface area (Å²) >= 11 is 2.94. The van der Waals surface area contributed by atoms with Crippen molar-refractivity contribution in [2.75, 3.05) is 20.8 Å². The quantitative estimate of drug-likeness (QED) is 0.286. The highest BCUT2D eigenvalue weighted by atomic mass is 32.2. The van der Waals surface area contributed by atoms with Crippen LogP contribution < -0.4 is 14.8 Å². The first kappa shape index (κ1) is 26.6. The van der Waals surface area contributed by atoms with Crippen LogP contribution in [0.25, 0.3) is 0 Å². The number of hydrogen-bond acceptors (Lipinski definition) is 11. The van der Waals surface area contributed by atoms with Gasteiger partial charge < -0.3 is 24.4 Å². The number of carbonyl (C=O) groups excluding carboxylic acids is 2. The summed E-state index contributed by atoms with van der Waals surface area (Å²) < 4.78 is 17.5. The zero-order valence-electron chi connectivity index (χ0n) is 21.1. The number of nitrogens with zero attached hydrogens (tertiary/aromatic N) is 6. The van der Waals surface area contributed by atoms with E-state index in [0.29, 0.717) is 23.9 Å². The zero-order valence-corrected chi connectivity index (χ0v) is 22.7. The minimum Gasteiger partial charge on any atom is -0.497 e. The second-order valence-corrected chi connectivity index (χ2v) is 10.5. The Balaban J connectivity index is 1.46. The Morgan fingerprint density at radius 3 is 2.79 bits per heavy atom. The van der Waals surface area contributed by atoms with Crippen LogP contribution in [-0.2, 0) is 16.1 Å². The average Bonchev–Trinajstić information content (AvgIpc) is 3.42. The first-order valence-electron chi connectivity index (χ1n) is 11.8. The van der Waals surface area contributed by atoms with Crippen molar-refractivity contribution in [3.05, 3.63) is 77.1 Å². The van der Waals surface area contributed by atoms with E-state index in [4.69, 9.17) is 14.2 Å². The van der Waals surface area contributed by atoms with E-state index in [9.17, 15) is 9.59 Å². The third-order valence-electron chi connectivity index (χ3n) is 6.06. The molecule has 2 aliphatic heterocycles. The number of pyridine rings is 1. The minimum absolute atomic E-state index is 0.0487. The van der Waals surface area contributed by atoms with Crippen LogP contribution in [0.2, 0.25) is 0 Å². The number of amides is 2. The van der Waals surface area contributed by atoms with Gasteiger partial charge in [-0.2, -0.15) is 0 Å². The van der Waals surface area contributed by atoms with E-state index in [1.54, 1.807) is 42.3 Å². The van der Waals surface area contributed by atoms with Crippen LogP contribution in [-0.4, -0.2) is 74.3 Å². The van der Waals surface area contributed by atoms with Gasteiger partial charge in [0, 0.05) is 33.8 Å². The van der Waals surface area contributed by atoms with E-state index in [0.717, 1.165) is 15.4 Å². The molecule has 4 heterocycles. The zero-order chi connectivity index (χ0) is 27.4. The van der Waals surface area contributed by atoms with Gasteiger partial charge in [-0.25, -0.2) is 9.48 Å². The van der Waals surface area contributed by atoms with E-state index in [2.05, 4.69) is 32.4 Å². The molecule has 202 valence electrons. The molecule has 2 amide bonds. The molecule has 0 spiro atoms. The smallest absolute Gasteiger partial charge is 0.408 e. The molecule has 0 saturated carbocycles. The van der Waals surface area contributed by atoms with Crippen molar-refractivity contribution in [1.82, 2.24) is 35.4 Å². The van der Waals surface area contributed by atoms with Gasteiger partial charge in [0.05, 0.1) is 20.8 Å². The molecule has 0 bridgehead atoms. The second kappa shape index (κ2) is 11.8. The molecule has 3 atom stereocenters. The number of nitrogens with one attached hydrogen (secondary N) is 1. The molecule has 1 N–H and O–H groups in total. The summed E-state index contributed by atoms with van der Waals surface area (Å²) in [5, 5.41) is 16.8. The molecule has 14 heteroatoms. The predicted octanol–water partition coefficient (Wildman–Crippen LogP) is 3.00. The molecule has 5 rings (SSSR count). The van der Waals surface area contributed by atoms with Crippen molar-refractivity contribution < 1.29 is 23.8 Å². The fraction of sp³-hybridized carbons (Fsp3) is 0.280. The lowest BCUT2D eigenvalue weighted by Gasteiger charge is -2.51. The van der Waals surface area contributed by atoms with Gasteiger partial charge >= 0.3 is 6.09 Å². The van der Waals surface area contributed by atoms with Crippen LogP contribution in [0.4, 0.5) is 4.79 Å². The topological polar surface area (TPSA) is 134 Å². The van der Waals surface area contributed by atoms with Gasteiger partial charge in [-0.15, -0.1) is 16.9 Å². The highest BCUT2D eigenvalue weighted by molar-refractivity contribution is 8.06. The lowest BCUT2D eigenvalue weighted by atomic mass is 10.0. The number of hydrogen-bond donors (Lipinski definition) is 1. The fourth-order valence-corrected chi connectivity index (χ4v) is 6.54. The Labute approximate surface area is 232 Å². The molecular formula is C25H25N7O5S2. The van der Waals surface area contributed by atoms with Crippen molar-refractivity contribution in [2.24, 2.45) is 0 Å². The number of rotatable bonds is 10. The monoisotopic (exact) mass is 567 g/mol. The molecule has 3 aromatic rings. The van der Waals surface area contributed by atoms with Crippen molar-refractivity contribution >= 4 is 35.5 Å². The first-order valence-corrected chi connectivity index (χ1v) is 13.6. The molecule has 1 saturated heterocycles. The maximum atomic E-state index is 13.4. The Bertz CT molecular complexity index is 1400. The Morgan fingerprint density at radius 2 is 2.05 bits per heavy atom. The molecule has 1 aromatic carbocycles. The summed E-state index contributed by atoms with van der Waals surface area (Å²) in [4.78, 5) is 33.2. The van der Waals surface area contributed by atoms with Gasteiger partial charge in [0.2, 0.25) is 5.91 Å². The van der Waals surface area contributed by atoms with Gasteiger partial charge in [-0.3, -0.25) is 9.78 Å². The van der Waals surface area contributed by atoms with Crippen LogP contribution in [0.3, 0.4) is 0 Å². The van der Waals surface area contributed by atoms with E-state index >= 15 is 0 Å². The summed E-state index contributed by atoms with van der Waals surface area (Å²) in [6, 6.07) is 7.96. The number of fused-ring (bicyclic) bond motifs is 1. The number of aromatic nitrogens is 5. The second-order valence-electron chi connectivity index (χ2n) is 8.36. The molecule has 12 nitrogen and oxygen atoms in total. The summed E-state index contributed by atoms with van der Waals surface area (Å²) in [5.41, 5.74) is 0.834. The standard InChI is InChI=1S/C25H25N7O5S2/c1-4-11-37-25(34)27-20-23(33)32-21(19(14-38-24(20)32)39-17-7-9-26-10-8-17)22-28-29-30-31(22)13-15-5-6-16(35-2)12-18(15)36-3/h4-10,12,14,20-21,24H,1,11,13H2,2-3H3,(H,27,34)/t20-,21?,24-/m1/s1. The number of tetrazole rings is 1. The van der Waals surface area contributed by atoms with Crippen molar-refractivity contribution in [1.29, 1.82) is 0 Å². The van der Waals surface area contributed by atoms with Gasteiger partial charge in [-0.05, 0) is 40.1 Å². The maximum Gasteiger partial charge on any atom is 0.408 e. The molecule has 0 aliphatic carbocycles. The molecular weight excluding hydrogens is 542 g/mol. The predicted molar refractivity (Wildman–Crippen MR) is 144 cm³/mol. The van der Waals surface area contributed by atoms with Gasteiger partial charge in [0.15, 0.2) is 5.82 Å². The molecule has 1 fully saturated rings. The van der Waals surface area contributed by atoms with E-state index in [1.807, 2.05) is 29.7 Å². The van der Waals surface area contributed by atoms with Crippen LogP contribution in [0.15, 0.2) is 70.6 Å². The van der Waals surface area contributed by atoms with Gasteiger partial charge in [0.1, 0.15) is 35.6 Å². The van der Waals surface area contributed by atoms with Crippen molar-refractivity contribution in [2.45, 2.75) is 28.9 Å². The number of β-lactam (4-membered cyclic amide) rings is 1. The van der Waals surface area contributed by atoms with E-state index in [1.165, 1.54) is 29.6 Å². The number of thioether (sulfide) groups is 2. The summed E-state index contributed by atoms with van der Waals surface area (Å²) in [7, 11) is 3.17. The highest BCUT2D eigenvalue weighted by Crippen LogP contribution is 2.51. The van der Waals surface area contributed by atoms with Crippen LogP contribution in [0.5, 0.6) is 11.5 Å². The number of methoxy groups -OCH3 is 2. The molecule has 2 aliphatic rings. The maximum absolute atomic E-state index is 13.4. The van der Waals surface area contributed by atoms with Crippen molar-refractivity contribution in [3.63, 3.8) is 0 Å². The summed E-state index contributed by atoms with van der Waals surface area (Å²) in [6.07, 6.45) is 4.20. The van der Waals surface area contributed by atoms with Crippen LogP contribution in [0, 0.1) is 0 Å². The van der Waals surface area contributed by atoms with Gasteiger partial charge in [-0.1, -0.05) is 24.4 Å². The van der Waals surface area contributed by atoms with E-state index < -0.39 is 18.2 Å². The van der Waals surface area contributed by atoms with Crippen LogP contribution >= 0.6 is 23.5 Å². The molecule has 1 unspecified atom stereocenters. The molecule has 0 radical (unpaired) electrons. The fourth-order valence-electron chi connectivity index (χ4n) is 4.22. The SMILES string of the molecule is C=CCOC(=O)N[C@@H]1C(=O)N2C(c3nnnn3Cc3ccc(OC)cc3OC)C(Sc3ccncc3)=CS[C@H]12. The largest absolute Gasteiger partial charge is 0.497 e. The molecule has 39 heavy (non-hydrogen) atoms. The average molecular weight is 568 g/mol. The normalized spacial score (nSPS) is 19.8. The third kappa shape index (κ3) is 5.43. The Kier molecular flexibility index (Phi) is 8.02. The molecule has 2 aromatic heterocycles. The highest BCUT2D eigenvalue weighted by Gasteiger charge is 2.55. The number of alkyl carbamates (subject to hydrolysis) is 1. The Hall–Kier alpha value is -4.04. The van der Waals surface area contributed by atoms with Crippen molar-refractivity contribution in [3.8, 4) is 11.5 Å². The Morgan fingerprint density at radius 1 is 1.23 bits per heavy atom. The number of ether oxygens (including phenoxy) is 3. The third-order valence-corrected chi connectivity index (χ3v) is 8.46. The lowest BCUT2D eigenvalue weighted by Crippen LogP contribution is -2.70. The summed E-state index contributed by atoms with van der Waals surface area (Å²) in [5.74, 6) is 1.50. The van der Waals surface area contributed by atoms with Crippen LogP contribution in [0.1, 0.15) is 17.4 Å². The number of carbonyl (C=O) groups is 2. The summed E-state index contributed by atoms with van der Waals surface area (Å²) in [6.45, 7) is 3.88. The van der Waals surface area contributed by atoms with E-state index in [-0.39, 0.29) is 17.9 Å². The minimum atomic E-state index is -0.746.